The average molecular weight is 176 g/mol. The molecule has 0 spiro atoms. The van der Waals surface area contributed by atoms with Crippen LogP contribution in [0.1, 0.15) is 26.2 Å². The van der Waals surface area contributed by atoms with Gasteiger partial charge in [0.05, 0.1) is 6.61 Å². The summed E-state index contributed by atoms with van der Waals surface area (Å²) in [5.41, 5.74) is 0. The number of carbonyl (C=O) groups is 1. The molecule has 4 nitrogen and oxygen atoms in total. The van der Waals surface area contributed by atoms with Gasteiger partial charge in [0.1, 0.15) is 6.61 Å². The number of hydrogen-bond donors (Lipinski definition) is 2. The van der Waals surface area contributed by atoms with Gasteiger partial charge in [-0.2, -0.15) is 0 Å². The van der Waals surface area contributed by atoms with E-state index >= 15 is 0 Å². The molecule has 0 aromatic carbocycles. The van der Waals surface area contributed by atoms with Crippen molar-refractivity contribution in [3.63, 3.8) is 0 Å². The second kappa shape index (κ2) is 7.06. The Morgan fingerprint density at radius 1 is 1.58 bits per heavy atom. The normalized spacial score (nSPS) is 12.6. The molecule has 0 aliphatic heterocycles. The van der Waals surface area contributed by atoms with Gasteiger partial charge in [-0.25, -0.2) is 4.79 Å². The van der Waals surface area contributed by atoms with Crippen molar-refractivity contribution in [2.24, 2.45) is 0 Å². The van der Waals surface area contributed by atoms with Crippen LogP contribution in [-0.2, 0) is 9.53 Å². The Hall–Kier alpha value is -0.610. The minimum atomic E-state index is -1.03. The maximum absolute atomic E-state index is 10.8. The molecule has 0 aliphatic carbocycles. The summed E-state index contributed by atoms with van der Waals surface area (Å²) in [6.45, 7) is 1.74. The lowest BCUT2D eigenvalue weighted by atomic mass is 10.2. The minimum absolute atomic E-state index is 0.0397. The van der Waals surface area contributed by atoms with Gasteiger partial charge in [-0.1, -0.05) is 19.8 Å². The molecule has 0 saturated heterocycles. The van der Waals surface area contributed by atoms with Crippen LogP contribution in [-0.4, -0.2) is 35.5 Å². The number of aliphatic hydroxyl groups is 2. The van der Waals surface area contributed by atoms with Crippen LogP contribution in [0.5, 0.6) is 0 Å². The molecule has 4 heteroatoms. The zero-order valence-corrected chi connectivity index (χ0v) is 7.32. The first-order chi connectivity index (χ1) is 5.72. The molecule has 0 aromatic heterocycles. The Kier molecular flexibility index (Phi) is 6.70. The molecule has 0 aliphatic rings. The van der Waals surface area contributed by atoms with Gasteiger partial charge in [-0.3, -0.25) is 0 Å². The van der Waals surface area contributed by atoms with Crippen LogP contribution in [0.2, 0.25) is 0 Å². The zero-order chi connectivity index (χ0) is 9.40. The van der Waals surface area contributed by atoms with Gasteiger partial charge >= 0.3 is 5.97 Å². The summed E-state index contributed by atoms with van der Waals surface area (Å²) < 4.78 is 4.51. The maximum atomic E-state index is 10.8. The van der Waals surface area contributed by atoms with Gasteiger partial charge in [0.25, 0.3) is 0 Å². The van der Waals surface area contributed by atoms with E-state index in [0.29, 0.717) is 6.42 Å². The van der Waals surface area contributed by atoms with Crippen molar-refractivity contribution in [2.45, 2.75) is 32.3 Å². The molecule has 0 bridgehead atoms. The van der Waals surface area contributed by atoms with Crippen LogP contribution < -0.4 is 0 Å². The molecule has 0 aromatic rings. The predicted octanol–water partition coefficient (Wildman–Crippen LogP) is 0.0730. The van der Waals surface area contributed by atoms with Gasteiger partial charge in [0.15, 0.2) is 6.10 Å². The predicted molar refractivity (Wildman–Crippen MR) is 43.6 cm³/mol. The second-order valence-corrected chi connectivity index (χ2v) is 2.55. The van der Waals surface area contributed by atoms with Crippen molar-refractivity contribution in [3.05, 3.63) is 0 Å². The lowest BCUT2D eigenvalue weighted by Gasteiger charge is -2.08. The lowest BCUT2D eigenvalue weighted by Crippen LogP contribution is -2.24. The number of ether oxygens (including phenoxy) is 1. The molecule has 0 rings (SSSR count). The van der Waals surface area contributed by atoms with E-state index < -0.39 is 12.1 Å². The summed E-state index contributed by atoms with van der Waals surface area (Å²) in [4.78, 5) is 10.8. The fraction of sp³-hybridized carbons (Fsp3) is 0.875. The van der Waals surface area contributed by atoms with Crippen molar-refractivity contribution < 1.29 is 19.7 Å². The lowest BCUT2D eigenvalue weighted by molar-refractivity contribution is -0.154. The minimum Gasteiger partial charge on any atom is -0.461 e. The number of aliphatic hydroxyl groups excluding tert-OH is 2. The highest BCUT2D eigenvalue weighted by molar-refractivity contribution is 5.74. The van der Waals surface area contributed by atoms with E-state index in [-0.39, 0.29) is 13.2 Å². The van der Waals surface area contributed by atoms with Crippen molar-refractivity contribution in [1.29, 1.82) is 0 Å². The van der Waals surface area contributed by atoms with Crippen molar-refractivity contribution >= 4 is 5.97 Å². The van der Waals surface area contributed by atoms with E-state index in [1.807, 2.05) is 6.92 Å². The molecular formula is C8H16O4. The molecule has 72 valence electrons. The monoisotopic (exact) mass is 176 g/mol. The first-order valence-electron chi connectivity index (χ1n) is 4.18. The molecular weight excluding hydrogens is 160 g/mol. The highest BCUT2D eigenvalue weighted by Crippen LogP contribution is 2.01. The highest BCUT2D eigenvalue weighted by Gasteiger charge is 2.14. The number of rotatable bonds is 6. The summed E-state index contributed by atoms with van der Waals surface area (Å²) in [5.74, 6) is -0.641. The fourth-order valence-electron chi connectivity index (χ4n) is 0.758. The Morgan fingerprint density at radius 3 is 2.75 bits per heavy atom. The summed E-state index contributed by atoms with van der Waals surface area (Å²) in [5, 5.41) is 17.4. The van der Waals surface area contributed by atoms with E-state index in [9.17, 15) is 4.79 Å². The molecule has 0 amide bonds. The van der Waals surface area contributed by atoms with E-state index in [1.54, 1.807) is 0 Å². The Balaban J connectivity index is 3.47. The molecule has 0 fully saturated rings. The molecule has 1 atom stereocenters. The molecule has 0 saturated carbocycles. The average Bonchev–Trinajstić information content (AvgIpc) is 2.10. The molecule has 0 heterocycles. The molecule has 0 radical (unpaired) electrons. The van der Waals surface area contributed by atoms with Crippen molar-refractivity contribution in [3.8, 4) is 0 Å². The number of unbranched alkanes of at least 4 members (excludes halogenated alkanes) is 1. The van der Waals surface area contributed by atoms with Crippen molar-refractivity contribution in [2.75, 3.05) is 13.2 Å². The number of hydrogen-bond acceptors (Lipinski definition) is 4. The summed E-state index contributed by atoms with van der Waals surface area (Å²) >= 11 is 0. The Labute approximate surface area is 72.2 Å². The van der Waals surface area contributed by atoms with Crippen LogP contribution in [0.25, 0.3) is 0 Å². The summed E-state index contributed by atoms with van der Waals surface area (Å²) in [7, 11) is 0. The summed E-state index contributed by atoms with van der Waals surface area (Å²) in [6.07, 6.45) is 1.14. The van der Waals surface area contributed by atoms with Gasteiger partial charge in [-0.15, -0.1) is 0 Å². The van der Waals surface area contributed by atoms with Crippen LogP contribution in [0.15, 0.2) is 0 Å². The molecule has 2 N–H and O–H groups in total. The Bertz CT molecular complexity index is 124. The van der Waals surface area contributed by atoms with Gasteiger partial charge in [-0.05, 0) is 6.42 Å². The maximum Gasteiger partial charge on any atom is 0.335 e. The van der Waals surface area contributed by atoms with Crippen LogP contribution in [0, 0.1) is 0 Å². The smallest absolute Gasteiger partial charge is 0.335 e. The largest absolute Gasteiger partial charge is 0.461 e. The van der Waals surface area contributed by atoms with E-state index in [4.69, 9.17) is 10.2 Å². The van der Waals surface area contributed by atoms with E-state index in [0.717, 1.165) is 12.8 Å². The van der Waals surface area contributed by atoms with Crippen LogP contribution in [0.3, 0.4) is 0 Å². The van der Waals surface area contributed by atoms with Crippen LogP contribution >= 0.6 is 0 Å². The van der Waals surface area contributed by atoms with Gasteiger partial charge in [0.2, 0.25) is 0 Å². The fourth-order valence-corrected chi connectivity index (χ4v) is 0.758. The van der Waals surface area contributed by atoms with Crippen molar-refractivity contribution in [1.82, 2.24) is 0 Å². The van der Waals surface area contributed by atoms with Crippen LogP contribution in [0.4, 0.5) is 0 Å². The first-order valence-corrected chi connectivity index (χ1v) is 4.18. The standard InChI is InChI=1S/C8H16O4/c1-2-3-4-7(10)8(11)12-6-5-9/h7,9-10H,2-6H2,1H3. The SMILES string of the molecule is CCCCC(O)C(=O)OCCO. The topological polar surface area (TPSA) is 66.8 Å². The van der Waals surface area contributed by atoms with Gasteiger partial charge < -0.3 is 14.9 Å². The number of carbonyl (C=O) groups excluding carboxylic acids is 1. The Morgan fingerprint density at radius 2 is 2.25 bits per heavy atom. The van der Waals surface area contributed by atoms with E-state index in [2.05, 4.69) is 4.74 Å². The molecule has 1 unspecified atom stereocenters. The number of esters is 1. The third-order valence-electron chi connectivity index (χ3n) is 1.44. The third kappa shape index (κ3) is 5.09. The summed E-state index contributed by atoms with van der Waals surface area (Å²) in [6, 6.07) is 0. The second-order valence-electron chi connectivity index (χ2n) is 2.55. The van der Waals surface area contributed by atoms with Gasteiger partial charge in [0, 0.05) is 0 Å². The highest BCUT2D eigenvalue weighted by atomic mass is 16.6. The molecule has 12 heavy (non-hydrogen) atoms. The van der Waals surface area contributed by atoms with E-state index in [1.165, 1.54) is 0 Å². The third-order valence-corrected chi connectivity index (χ3v) is 1.44. The quantitative estimate of drug-likeness (QED) is 0.562. The first kappa shape index (κ1) is 11.4. The zero-order valence-electron chi connectivity index (χ0n) is 7.32.